The van der Waals surface area contributed by atoms with Gasteiger partial charge in [-0.05, 0) is 36.3 Å². The van der Waals surface area contributed by atoms with E-state index in [1.807, 2.05) is 65.1 Å². The summed E-state index contributed by atoms with van der Waals surface area (Å²) in [7, 11) is 1.63. The molecule has 4 rings (SSSR count). The largest absolute Gasteiger partial charge is 0.495 e. The fourth-order valence-corrected chi connectivity index (χ4v) is 5.95. The second-order valence-electron chi connectivity index (χ2n) is 7.64. The molecular weight excluding hydrogens is 519 g/mol. The number of carbonyl (C=O) groups excluding carboxylic acids is 1. The molecule has 0 spiro atoms. The Morgan fingerprint density at radius 2 is 2.06 bits per heavy atom. The number of amides is 1. The fraction of sp³-hybridized carbons (Fsp3) is 0.250. The lowest BCUT2D eigenvalue weighted by atomic mass is 9.99. The maximum absolute atomic E-state index is 12.9. The zero-order valence-corrected chi connectivity index (χ0v) is 20.1. The van der Waals surface area contributed by atoms with Crippen LogP contribution in [0.2, 0.25) is 0 Å². The van der Waals surface area contributed by atoms with Crippen LogP contribution in [0.25, 0.3) is 11.8 Å². The molecule has 1 fully saturated rings. The van der Waals surface area contributed by atoms with Gasteiger partial charge in [0.25, 0.3) is 0 Å². The molecule has 0 bridgehead atoms. The van der Waals surface area contributed by atoms with Crippen LogP contribution >= 0.6 is 21.0 Å². The second kappa shape index (κ2) is 10.2. The molecule has 0 saturated carbocycles. The quantitative estimate of drug-likeness (QED) is 0.211. The zero-order valence-electron chi connectivity index (χ0n) is 17.9. The van der Waals surface area contributed by atoms with Gasteiger partial charge in [-0.25, -0.2) is 4.98 Å². The van der Waals surface area contributed by atoms with Crippen LogP contribution in [0.3, 0.4) is 0 Å². The lowest BCUT2D eigenvalue weighted by molar-refractivity contribution is -0.124. The number of benzene rings is 2. The van der Waals surface area contributed by atoms with Crippen LogP contribution in [0.1, 0.15) is 22.7 Å². The van der Waals surface area contributed by atoms with Crippen molar-refractivity contribution in [3.63, 3.8) is 0 Å². The molecule has 1 saturated heterocycles. The second-order valence-corrected chi connectivity index (χ2v) is 10.2. The Kier molecular flexibility index (Phi) is 7.11. The minimum Gasteiger partial charge on any atom is -0.495 e. The molecule has 32 heavy (non-hydrogen) atoms. The number of imidazole rings is 1. The molecule has 0 unspecified atom stereocenters. The number of aryl methyl sites for hydroxylation is 1. The number of nitrogens with zero attached hydrogens (tertiary/aromatic N) is 4. The third-order valence-corrected chi connectivity index (χ3v) is 7.80. The highest BCUT2D eigenvalue weighted by atomic mass is 127. The number of hydrogen-bond acceptors (Lipinski definition) is 5. The summed E-state index contributed by atoms with van der Waals surface area (Å²) in [6, 6.07) is 16.0. The molecule has 7 nitrogen and oxygen atoms in total. The predicted molar refractivity (Wildman–Crippen MR) is 132 cm³/mol. The Labute approximate surface area is 197 Å². The van der Waals surface area contributed by atoms with Gasteiger partial charge in [-0.3, -0.25) is 10.0 Å². The van der Waals surface area contributed by atoms with Gasteiger partial charge >= 0.3 is 0 Å². The van der Waals surface area contributed by atoms with Gasteiger partial charge in [0, 0.05) is 52.3 Å². The van der Waals surface area contributed by atoms with Crippen molar-refractivity contribution >= 4 is 33.0 Å². The maximum atomic E-state index is 12.9. The van der Waals surface area contributed by atoms with Crippen LogP contribution in [-0.4, -0.2) is 49.7 Å². The van der Waals surface area contributed by atoms with Crippen molar-refractivity contribution in [2.24, 2.45) is 3.31 Å². The third kappa shape index (κ3) is 4.97. The minimum atomic E-state index is -0.742. The molecule has 1 aliphatic heterocycles. The van der Waals surface area contributed by atoms with E-state index in [1.165, 1.54) is 5.56 Å². The van der Waals surface area contributed by atoms with Gasteiger partial charge < -0.3 is 14.2 Å². The monoisotopic (exact) mass is 544 g/mol. The smallest absolute Gasteiger partial charge is 0.246 e. The molecule has 1 N–H and O–H groups in total. The van der Waals surface area contributed by atoms with Gasteiger partial charge in [0.05, 0.1) is 28.7 Å². The average molecular weight is 544 g/mol. The lowest BCUT2D eigenvalue weighted by Crippen LogP contribution is -2.27. The van der Waals surface area contributed by atoms with Crippen LogP contribution < -0.4 is 4.74 Å². The van der Waals surface area contributed by atoms with E-state index in [-0.39, 0.29) is 15.7 Å². The third-order valence-electron chi connectivity index (χ3n) is 5.57. The number of hydrogen-bond donors (Lipinski definition) is 1. The molecular formula is C24H25IN4O3. The van der Waals surface area contributed by atoms with E-state index in [0.29, 0.717) is 18.8 Å². The highest BCUT2D eigenvalue weighted by Gasteiger charge is 2.35. The summed E-state index contributed by atoms with van der Waals surface area (Å²) in [4.78, 5) is 19.0. The number of likely N-dealkylation sites (tertiary alicyclic amines) is 1. The van der Waals surface area contributed by atoms with Crippen molar-refractivity contribution in [2.75, 3.05) is 20.2 Å². The molecule has 0 radical (unpaired) electrons. The molecule has 2 atom stereocenters. The summed E-state index contributed by atoms with van der Waals surface area (Å²) in [5, 5.41) is 9.16. The van der Waals surface area contributed by atoms with E-state index >= 15 is 0 Å². The normalized spacial score (nSPS) is 18.9. The van der Waals surface area contributed by atoms with Crippen molar-refractivity contribution in [1.29, 1.82) is 0 Å². The molecule has 1 aromatic heterocycles. The van der Waals surface area contributed by atoms with Gasteiger partial charge in [0.2, 0.25) is 5.91 Å². The Hall–Kier alpha value is -2.85. The van der Waals surface area contributed by atoms with Crippen molar-refractivity contribution in [1.82, 2.24) is 14.5 Å². The molecule has 0 aliphatic carbocycles. The van der Waals surface area contributed by atoms with Crippen molar-refractivity contribution in [3.8, 4) is 11.4 Å². The summed E-state index contributed by atoms with van der Waals surface area (Å²) in [5.74, 6) is 0.871. The minimum absolute atomic E-state index is 0.0383. The van der Waals surface area contributed by atoms with Crippen LogP contribution in [0.5, 0.6) is 5.75 Å². The summed E-state index contributed by atoms with van der Waals surface area (Å²) >= 11 is -0.742. The van der Waals surface area contributed by atoms with E-state index in [2.05, 4.69) is 20.4 Å². The Bertz CT molecular complexity index is 1140. The molecule has 8 heteroatoms. The fourth-order valence-electron chi connectivity index (χ4n) is 3.95. The number of ether oxygens (including phenoxy) is 1. The summed E-state index contributed by atoms with van der Waals surface area (Å²) in [6.45, 7) is 3.19. The number of halogens is 1. The van der Waals surface area contributed by atoms with Gasteiger partial charge in [-0.2, -0.15) is 0 Å². The Morgan fingerprint density at radius 3 is 2.75 bits per heavy atom. The number of alkyl halides is 1. The van der Waals surface area contributed by atoms with Crippen LogP contribution in [0.4, 0.5) is 0 Å². The zero-order chi connectivity index (χ0) is 22.5. The first kappa shape index (κ1) is 22.3. The predicted octanol–water partition coefficient (Wildman–Crippen LogP) is 4.74. The lowest BCUT2D eigenvalue weighted by Gasteiger charge is -2.15. The Morgan fingerprint density at radius 1 is 1.25 bits per heavy atom. The summed E-state index contributed by atoms with van der Waals surface area (Å²) in [5.41, 5.74) is 3.89. The van der Waals surface area contributed by atoms with Crippen LogP contribution in [-0.2, 0) is 4.79 Å². The molecule has 1 amide bonds. The van der Waals surface area contributed by atoms with Gasteiger partial charge in [0.15, 0.2) is 0 Å². The molecule has 3 aromatic rings. The molecule has 2 aromatic carbocycles. The number of methoxy groups -OCH3 is 1. The van der Waals surface area contributed by atoms with Crippen molar-refractivity contribution in [2.45, 2.75) is 16.8 Å². The van der Waals surface area contributed by atoms with E-state index in [9.17, 15) is 4.79 Å². The van der Waals surface area contributed by atoms with Crippen molar-refractivity contribution < 1.29 is 14.7 Å². The van der Waals surface area contributed by atoms with Crippen LogP contribution in [0.15, 0.2) is 70.4 Å². The number of carbonyl (C=O) groups is 1. The van der Waals surface area contributed by atoms with E-state index in [4.69, 9.17) is 9.94 Å². The maximum Gasteiger partial charge on any atom is 0.246 e. The summed E-state index contributed by atoms with van der Waals surface area (Å²) in [6.07, 6.45) is 7.10. The van der Waals surface area contributed by atoms with Gasteiger partial charge in [-0.1, -0.05) is 36.4 Å². The van der Waals surface area contributed by atoms with Gasteiger partial charge in [-0.15, -0.1) is 3.31 Å². The van der Waals surface area contributed by atoms with Crippen LogP contribution in [0, 0.1) is 6.92 Å². The van der Waals surface area contributed by atoms with E-state index in [1.54, 1.807) is 19.5 Å². The highest BCUT2D eigenvalue weighted by molar-refractivity contribution is 14.2. The number of aromatic nitrogens is 2. The molecule has 2 heterocycles. The first-order valence-corrected chi connectivity index (χ1v) is 12.5. The first-order valence-electron chi connectivity index (χ1n) is 10.3. The highest BCUT2D eigenvalue weighted by Crippen LogP contribution is 2.36. The molecule has 166 valence electrons. The first-order chi connectivity index (χ1) is 15.6. The SMILES string of the molecule is COc1cc(/C=C/C(=O)N2C[C@@H](I=NO)[C@H](c3ccccc3)C2)ccc1-n1cnc(C)c1. The average Bonchev–Trinajstić information content (AvgIpc) is 3.44. The van der Waals surface area contributed by atoms with Crippen molar-refractivity contribution in [3.05, 3.63) is 84.0 Å². The van der Waals surface area contributed by atoms with Gasteiger partial charge in [0.1, 0.15) is 5.75 Å². The molecule has 1 aliphatic rings. The summed E-state index contributed by atoms with van der Waals surface area (Å²) < 4.78 is 11.1. The standard InChI is InChI=1S/C24H25IN4O3/c1-17-13-29(16-26-17)22-10-8-18(12-23(22)32-2)9-11-24(30)28-14-20(21(15-28)25-27-31)19-6-4-3-5-7-19/h3-13,16,20-21,31H,14-15H2,1-2H3/b11-9+/t20-,21+/m0/s1. The topological polar surface area (TPSA) is 80.0 Å². The van der Waals surface area contributed by atoms with E-state index in [0.717, 1.165) is 16.9 Å². The number of rotatable bonds is 6. The van der Waals surface area contributed by atoms with E-state index < -0.39 is 21.0 Å². The Balaban J connectivity index is 1.49.